The Morgan fingerprint density at radius 2 is 0.388 bits per heavy atom. The van der Waals surface area contributed by atoms with Gasteiger partial charge >= 0.3 is 0 Å². The molecule has 0 radical (unpaired) electrons. The highest BCUT2D eigenvalue weighted by atomic mass is 35.5. The molecule has 0 fully saturated rings. The van der Waals surface area contributed by atoms with Crippen molar-refractivity contribution in [3.8, 4) is 100 Å². The maximum Gasteiger partial charge on any atom is 0.0541 e. The molecule has 0 aliphatic rings. The van der Waals surface area contributed by atoms with E-state index >= 15 is 0 Å². The monoisotopic (exact) mass is 1660 g/mol. The van der Waals surface area contributed by atoms with Crippen molar-refractivity contribution in [2.45, 2.75) is 0 Å². The Balaban J connectivity index is 0.000000127. The summed E-state index contributed by atoms with van der Waals surface area (Å²) >= 11 is 6.01. The van der Waals surface area contributed by atoms with Crippen LogP contribution in [0.5, 0.6) is 0 Å². The third-order valence-corrected chi connectivity index (χ3v) is 25.4. The van der Waals surface area contributed by atoms with Crippen LogP contribution in [0.3, 0.4) is 0 Å². The predicted octanol–water partition coefficient (Wildman–Crippen LogP) is 35.1. The second kappa shape index (κ2) is 34.8. The molecule has 4 nitrogen and oxygen atoms in total. The van der Waals surface area contributed by atoms with Crippen LogP contribution in [0.4, 0.5) is 28.4 Å². The molecule has 0 aliphatic heterocycles. The third kappa shape index (κ3) is 15.7. The highest BCUT2D eigenvalue weighted by Crippen LogP contribution is 2.44. The quantitative estimate of drug-likeness (QED) is 0.104. The third-order valence-electron chi connectivity index (χ3n) is 25.2. The lowest BCUT2D eigenvalue weighted by atomic mass is 9.92. The van der Waals surface area contributed by atoms with Gasteiger partial charge in [0.2, 0.25) is 0 Å². The van der Waals surface area contributed by atoms with Crippen molar-refractivity contribution >= 4 is 127 Å². The fourth-order valence-corrected chi connectivity index (χ4v) is 18.8. The van der Waals surface area contributed by atoms with Crippen LogP contribution in [-0.2, 0) is 0 Å². The number of nitrogens with zero attached hydrogens (tertiary/aromatic N) is 3. The van der Waals surface area contributed by atoms with Gasteiger partial charge in [-0.15, -0.1) is 0 Å². The van der Waals surface area contributed by atoms with Gasteiger partial charge in [-0.3, -0.25) is 0 Å². The van der Waals surface area contributed by atoms with Gasteiger partial charge < -0.3 is 19.4 Å². The minimum absolute atomic E-state index is 0.762. The highest BCUT2D eigenvalue weighted by Gasteiger charge is 2.20. The molecule has 0 spiro atoms. The van der Waals surface area contributed by atoms with E-state index in [-0.39, 0.29) is 0 Å². The van der Waals surface area contributed by atoms with E-state index in [1.165, 1.54) is 176 Å². The van der Waals surface area contributed by atoms with Gasteiger partial charge in [0.1, 0.15) is 0 Å². The summed E-state index contributed by atoms with van der Waals surface area (Å²) in [4.78, 5) is 2.36. The van der Waals surface area contributed by atoms with Crippen LogP contribution < -0.4 is 10.2 Å². The number of nitrogens with one attached hydrogen (secondary N) is 1. The largest absolute Gasteiger partial charge is 0.356 e. The molecule has 1 N–H and O–H groups in total. The van der Waals surface area contributed by atoms with Crippen molar-refractivity contribution in [2.75, 3.05) is 10.2 Å². The van der Waals surface area contributed by atoms with E-state index in [0.29, 0.717) is 0 Å². The molecule has 5 heteroatoms. The number of para-hydroxylation sites is 4. The van der Waals surface area contributed by atoms with Crippen molar-refractivity contribution < 1.29 is 0 Å². The molecule has 129 heavy (non-hydrogen) atoms. The number of hydrogen-bond donors (Lipinski definition) is 1. The topological polar surface area (TPSA) is 25.1 Å². The summed E-state index contributed by atoms with van der Waals surface area (Å²) in [5.74, 6) is 0. The van der Waals surface area contributed by atoms with Gasteiger partial charge in [-0.05, 0) is 266 Å². The van der Waals surface area contributed by atoms with Gasteiger partial charge in [-0.2, -0.15) is 0 Å². The normalized spacial score (nSPS) is 11.3. The van der Waals surface area contributed by atoms with E-state index in [1.54, 1.807) is 0 Å². The Hall–Kier alpha value is -16.6. The number of anilines is 5. The second-order valence-electron chi connectivity index (χ2n) is 32.9. The maximum atomic E-state index is 6.01. The minimum atomic E-state index is 0.762. The summed E-state index contributed by atoms with van der Waals surface area (Å²) in [6.07, 6.45) is 0. The van der Waals surface area contributed by atoms with Crippen LogP contribution in [0.1, 0.15) is 0 Å². The van der Waals surface area contributed by atoms with Gasteiger partial charge in [0.15, 0.2) is 0 Å². The Bertz CT molecular complexity index is 8050. The molecule has 0 bridgehead atoms. The smallest absolute Gasteiger partial charge is 0.0541 e. The fourth-order valence-electron chi connectivity index (χ4n) is 18.7. The molecule has 0 amide bonds. The zero-order valence-electron chi connectivity index (χ0n) is 70.7. The van der Waals surface area contributed by atoms with E-state index in [1.807, 2.05) is 18.2 Å². The van der Waals surface area contributed by atoms with Crippen molar-refractivity contribution in [2.24, 2.45) is 0 Å². The molecule has 24 rings (SSSR count). The number of hydrogen-bond acceptors (Lipinski definition) is 2. The molecule has 0 saturated carbocycles. The Labute approximate surface area is 755 Å². The number of halogens is 1. The first kappa shape index (κ1) is 78.4. The summed E-state index contributed by atoms with van der Waals surface area (Å²) in [6, 6.07) is 183. The lowest BCUT2D eigenvalue weighted by Gasteiger charge is -2.26. The molecule has 0 atom stereocenters. The molecule has 608 valence electrons. The lowest BCUT2D eigenvalue weighted by molar-refractivity contribution is 1.17. The summed E-state index contributed by atoms with van der Waals surface area (Å²) in [5.41, 5.74) is 32.0. The van der Waals surface area contributed by atoms with Crippen LogP contribution in [-0.4, -0.2) is 9.13 Å². The molecule has 24 aromatic rings. The summed E-state index contributed by atoms with van der Waals surface area (Å²) < 4.78 is 4.71. The van der Waals surface area contributed by atoms with Crippen LogP contribution in [0.25, 0.3) is 187 Å². The maximum absolute atomic E-state index is 6.01. The SMILES string of the molecule is Clc1ccc(-c2ccc(-c3cc4ccccc4c4ccccc34)cc2)cc1.c1ccc(-c2ccc(-c3ccc(N(c4ccc(-c5ccc(-c6cc7ccccc7c7ccccc67)cc5)cc4)c4ccc(-n5c6ccccc6c6ccccc65)cc4)cc3)cc2)cc1.c1ccc(-c2ccc(-c3ccc(Nc4ccc(-n5c6ccccc6c6ccccc65)cc4)cc3)cc2)cc1. The standard InChI is InChI=1S/C62H42N2.C36H26N2.C26H17Cl/c1-2-12-43(13-3-1)44-22-24-45(25-23-44)47-30-34-51(35-31-47)63(53-38-40-54(41-39-53)64-61-20-10-8-18-58(61)59-19-9-11-21-62(59)64)52-36-32-48(33-37-52)46-26-28-49(29-27-46)60-42-50-14-4-5-15-55(50)56-16-6-7-17-57(56)60;1-2-8-26(9-3-1)27-14-16-28(17-15-27)29-18-20-30(21-19-29)37-31-22-24-32(25-23-31)38-35-12-6-4-10-33(35)34-11-5-7-13-36(34)38;27-22-15-13-19(14-16-22)18-9-11-20(12-10-18)26-17-21-5-1-2-6-23(21)24-7-3-4-8-25(24)26/h1-42H;1-25,37H;1-17H. The predicted molar refractivity (Wildman–Crippen MR) is 551 cm³/mol. The van der Waals surface area contributed by atoms with E-state index < -0.39 is 0 Å². The van der Waals surface area contributed by atoms with Gasteiger partial charge in [-0.25, -0.2) is 0 Å². The number of aromatic nitrogens is 2. The molecular formula is C124H85ClN4. The zero-order valence-corrected chi connectivity index (χ0v) is 71.5. The van der Waals surface area contributed by atoms with Crippen molar-refractivity contribution in [3.63, 3.8) is 0 Å². The molecule has 22 aromatic carbocycles. The lowest BCUT2D eigenvalue weighted by Crippen LogP contribution is -2.10. The minimum Gasteiger partial charge on any atom is -0.356 e. The van der Waals surface area contributed by atoms with E-state index in [0.717, 1.165) is 44.8 Å². The molecule has 0 saturated heterocycles. The number of rotatable bonds is 15. The molecular weight excluding hydrogens is 1580 g/mol. The summed E-state index contributed by atoms with van der Waals surface area (Å²) in [5, 5.41) is 19.7. The van der Waals surface area contributed by atoms with Crippen molar-refractivity contribution in [1.29, 1.82) is 0 Å². The first-order valence-electron chi connectivity index (χ1n) is 44.0. The van der Waals surface area contributed by atoms with Gasteiger partial charge in [0.25, 0.3) is 0 Å². The number of benzene rings is 22. The van der Waals surface area contributed by atoms with E-state index in [4.69, 9.17) is 11.6 Å². The van der Waals surface area contributed by atoms with Crippen LogP contribution in [0.15, 0.2) is 510 Å². The second-order valence-corrected chi connectivity index (χ2v) is 33.3. The summed E-state index contributed by atoms with van der Waals surface area (Å²) in [6.45, 7) is 0. The number of fused-ring (bicyclic) bond motifs is 12. The molecule has 0 aliphatic carbocycles. The van der Waals surface area contributed by atoms with Gasteiger partial charge in [-0.1, -0.05) is 388 Å². The average Bonchev–Trinajstić information content (AvgIpc) is 1.64. The fraction of sp³-hybridized carbons (Fsp3) is 0. The molecule has 0 unspecified atom stereocenters. The van der Waals surface area contributed by atoms with Gasteiger partial charge in [0, 0.05) is 66.4 Å². The van der Waals surface area contributed by atoms with Gasteiger partial charge in [0.05, 0.1) is 22.1 Å². The first-order valence-corrected chi connectivity index (χ1v) is 44.4. The average molecular weight is 1670 g/mol. The van der Waals surface area contributed by atoms with Crippen LogP contribution in [0.2, 0.25) is 5.02 Å². The molecule has 2 aromatic heterocycles. The van der Waals surface area contributed by atoms with Crippen LogP contribution in [0, 0.1) is 0 Å². The van der Waals surface area contributed by atoms with Crippen molar-refractivity contribution in [3.05, 3.63) is 515 Å². The van der Waals surface area contributed by atoms with E-state index in [9.17, 15) is 0 Å². The zero-order chi connectivity index (χ0) is 85.9. The molecule has 2 heterocycles. The Morgan fingerprint density at radius 3 is 0.713 bits per heavy atom. The Morgan fingerprint density at radius 1 is 0.171 bits per heavy atom. The Kier molecular flexibility index (Phi) is 21.2. The summed E-state index contributed by atoms with van der Waals surface area (Å²) in [7, 11) is 0. The van der Waals surface area contributed by atoms with Crippen LogP contribution >= 0.6 is 11.6 Å². The van der Waals surface area contributed by atoms with Crippen molar-refractivity contribution in [1.82, 2.24) is 9.13 Å². The highest BCUT2D eigenvalue weighted by molar-refractivity contribution is 6.30. The van der Waals surface area contributed by atoms with E-state index in [2.05, 4.69) is 511 Å². The first-order chi connectivity index (χ1) is 63.9.